The first-order valence-corrected chi connectivity index (χ1v) is 11.7. The van der Waals surface area contributed by atoms with Gasteiger partial charge < -0.3 is 9.80 Å². The zero-order valence-electron chi connectivity index (χ0n) is 20.6. The van der Waals surface area contributed by atoms with E-state index in [1.54, 1.807) is 22.2 Å². The topological polar surface area (TPSA) is 65.9 Å². The van der Waals surface area contributed by atoms with Gasteiger partial charge in [0.25, 0.3) is 0 Å². The summed E-state index contributed by atoms with van der Waals surface area (Å²) in [7, 11) is 0. The van der Waals surface area contributed by atoms with Crippen LogP contribution in [0.1, 0.15) is 52.7 Å². The molecule has 3 aromatic rings. The largest absolute Gasteiger partial charge is 0.301 e. The van der Waals surface area contributed by atoms with Crippen LogP contribution in [0.5, 0.6) is 0 Å². The molecular weight excluding hydrogens is 424 g/mol. The van der Waals surface area contributed by atoms with Crippen molar-refractivity contribution >= 4 is 23.2 Å². The van der Waals surface area contributed by atoms with Crippen molar-refractivity contribution in [2.45, 2.75) is 52.4 Å². The third-order valence-electron chi connectivity index (χ3n) is 6.52. The molecule has 34 heavy (non-hydrogen) atoms. The number of aromatic nitrogens is 2. The van der Waals surface area contributed by atoms with Gasteiger partial charge in [-0.1, -0.05) is 41.5 Å². The van der Waals surface area contributed by atoms with Gasteiger partial charge >= 0.3 is 0 Å². The van der Waals surface area contributed by atoms with Crippen LogP contribution in [-0.4, -0.2) is 34.9 Å². The summed E-state index contributed by atoms with van der Waals surface area (Å²) in [5.74, 6) is 0.178. The molecule has 0 saturated carbocycles. The van der Waals surface area contributed by atoms with Crippen LogP contribution in [0.2, 0.25) is 0 Å². The molecule has 1 aromatic carbocycles. The summed E-state index contributed by atoms with van der Waals surface area (Å²) < 4.78 is 0. The first-order valence-electron chi connectivity index (χ1n) is 11.7. The number of hydrogen-bond acceptors (Lipinski definition) is 4. The van der Waals surface area contributed by atoms with Crippen LogP contribution >= 0.6 is 0 Å². The van der Waals surface area contributed by atoms with Crippen molar-refractivity contribution in [1.82, 2.24) is 9.97 Å². The Kier molecular flexibility index (Phi) is 4.90. The Labute approximate surface area is 200 Å². The minimum atomic E-state index is -0.115. The molecule has 4 heterocycles. The second-order valence-electron chi connectivity index (χ2n) is 11.2. The molecular formula is C28H30N4O2. The first kappa shape index (κ1) is 22.3. The van der Waals surface area contributed by atoms with E-state index in [4.69, 9.17) is 0 Å². The maximum Gasteiger partial charge on any atom is 0.247 e. The van der Waals surface area contributed by atoms with Crippen molar-refractivity contribution in [1.29, 1.82) is 0 Å². The van der Waals surface area contributed by atoms with Crippen molar-refractivity contribution in [2.75, 3.05) is 22.9 Å². The molecule has 0 atom stereocenters. The van der Waals surface area contributed by atoms with Crippen molar-refractivity contribution in [3.8, 4) is 22.3 Å². The zero-order chi connectivity index (χ0) is 24.4. The molecule has 2 amide bonds. The molecule has 174 valence electrons. The standard InChI is InChI=1S/C28H30N4O2/c1-27(2,3)21-7-9-29-13-19(21)17-11-24(32-16-26(32)34)18(12-23(17)31-15-25(31)33)20-14-30-10-8-22(20)28(4,5)6/h7-14H,15-16H2,1-6H3. The Balaban J connectivity index is 1.82. The Hall–Kier alpha value is -3.54. The fourth-order valence-electron chi connectivity index (χ4n) is 4.62. The Bertz CT molecular complexity index is 1230. The number of nitrogens with zero attached hydrogens (tertiary/aromatic N) is 4. The van der Waals surface area contributed by atoms with Crippen LogP contribution < -0.4 is 9.80 Å². The molecule has 2 fully saturated rings. The lowest BCUT2D eigenvalue weighted by molar-refractivity contribution is -0.110. The average Bonchev–Trinajstić information content (AvgIpc) is 3.69. The summed E-state index contributed by atoms with van der Waals surface area (Å²) in [5.41, 5.74) is 7.55. The van der Waals surface area contributed by atoms with Gasteiger partial charge in [-0.25, -0.2) is 0 Å². The molecule has 5 rings (SSSR count). The highest BCUT2D eigenvalue weighted by Crippen LogP contribution is 2.48. The second-order valence-corrected chi connectivity index (χ2v) is 11.2. The highest BCUT2D eigenvalue weighted by Gasteiger charge is 2.39. The lowest BCUT2D eigenvalue weighted by Crippen LogP contribution is -2.15. The third-order valence-corrected chi connectivity index (χ3v) is 6.52. The molecule has 0 N–H and O–H groups in total. The maximum atomic E-state index is 12.3. The van der Waals surface area contributed by atoms with E-state index < -0.39 is 0 Å². The summed E-state index contributed by atoms with van der Waals surface area (Å²) in [6.07, 6.45) is 7.35. The average molecular weight is 455 g/mol. The summed E-state index contributed by atoms with van der Waals surface area (Å²) in [6, 6.07) is 8.20. The lowest BCUT2D eigenvalue weighted by atomic mass is 9.80. The quantitative estimate of drug-likeness (QED) is 0.515. The van der Waals surface area contributed by atoms with Crippen molar-refractivity contribution in [2.24, 2.45) is 0 Å². The Morgan fingerprint density at radius 3 is 1.29 bits per heavy atom. The van der Waals surface area contributed by atoms with E-state index in [2.05, 4.69) is 63.6 Å². The fourth-order valence-corrected chi connectivity index (χ4v) is 4.62. The molecule has 0 spiro atoms. The van der Waals surface area contributed by atoms with Gasteiger partial charge in [0.15, 0.2) is 0 Å². The van der Waals surface area contributed by atoms with Crippen molar-refractivity contribution in [3.63, 3.8) is 0 Å². The van der Waals surface area contributed by atoms with E-state index in [9.17, 15) is 9.59 Å². The normalized spacial score (nSPS) is 15.7. The van der Waals surface area contributed by atoms with Crippen molar-refractivity contribution in [3.05, 3.63) is 60.2 Å². The van der Waals surface area contributed by atoms with Gasteiger partial charge in [-0.3, -0.25) is 19.6 Å². The van der Waals surface area contributed by atoms with Gasteiger partial charge in [0, 0.05) is 47.0 Å². The Morgan fingerprint density at radius 1 is 0.647 bits per heavy atom. The maximum absolute atomic E-state index is 12.3. The minimum absolute atomic E-state index is 0.0891. The smallest absolute Gasteiger partial charge is 0.247 e. The number of pyridine rings is 2. The molecule has 0 aliphatic carbocycles. The summed E-state index contributed by atoms with van der Waals surface area (Å²) >= 11 is 0. The highest BCUT2D eigenvalue weighted by molar-refractivity contribution is 6.18. The molecule has 6 nitrogen and oxygen atoms in total. The van der Waals surface area contributed by atoms with Gasteiger partial charge in [-0.05, 0) is 46.2 Å². The van der Waals surface area contributed by atoms with Crippen LogP contribution in [0.15, 0.2) is 49.1 Å². The SMILES string of the molecule is CC(C)(C)c1ccncc1-c1cc(N2CC2=O)c(-c2cnccc2C(C)(C)C)cc1N1CC1=O. The van der Waals surface area contributed by atoms with E-state index in [0.717, 1.165) is 44.8 Å². The van der Waals surface area contributed by atoms with Crippen LogP contribution in [0.25, 0.3) is 22.3 Å². The number of carbonyl (C=O) groups excluding carboxylic acids is 2. The summed E-state index contributed by atoms with van der Waals surface area (Å²) in [5, 5.41) is 0. The molecule has 0 radical (unpaired) electrons. The van der Waals surface area contributed by atoms with Crippen LogP contribution in [0.4, 0.5) is 11.4 Å². The minimum Gasteiger partial charge on any atom is -0.301 e. The van der Waals surface area contributed by atoms with Crippen molar-refractivity contribution < 1.29 is 9.59 Å². The van der Waals surface area contributed by atoms with Gasteiger partial charge in [0.1, 0.15) is 13.1 Å². The second kappa shape index (κ2) is 7.49. The molecule has 2 aromatic heterocycles. The molecule has 0 bridgehead atoms. The van der Waals surface area contributed by atoms with E-state index in [1.165, 1.54) is 0 Å². The number of amides is 2. The third kappa shape index (κ3) is 3.87. The zero-order valence-corrected chi connectivity index (χ0v) is 20.6. The van der Waals surface area contributed by atoms with Crippen LogP contribution in [0.3, 0.4) is 0 Å². The summed E-state index contributed by atoms with van der Waals surface area (Å²) in [6.45, 7) is 13.8. The molecule has 6 heteroatoms. The lowest BCUT2D eigenvalue weighted by Gasteiger charge is -2.26. The van der Waals surface area contributed by atoms with E-state index >= 15 is 0 Å². The van der Waals surface area contributed by atoms with E-state index in [0.29, 0.717) is 13.1 Å². The van der Waals surface area contributed by atoms with Gasteiger partial charge in [0.05, 0.1) is 11.4 Å². The van der Waals surface area contributed by atoms with Gasteiger partial charge in [0.2, 0.25) is 11.8 Å². The van der Waals surface area contributed by atoms with Crippen LogP contribution in [-0.2, 0) is 20.4 Å². The van der Waals surface area contributed by atoms with Gasteiger partial charge in [-0.15, -0.1) is 0 Å². The number of anilines is 2. The predicted octanol–water partition coefficient (Wildman–Crippen LogP) is 5.10. The number of hydrogen-bond donors (Lipinski definition) is 0. The molecule has 2 aliphatic rings. The van der Waals surface area contributed by atoms with Crippen LogP contribution in [0, 0.1) is 0 Å². The van der Waals surface area contributed by atoms with E-state index in [1.807, 2.05) is 24.5 Å². The molecule has 2 aliphatic heterocycles. The van der Waals surface area contributed by atoms with Gasteiger partial charge in [-0.2, -0.15) is 0 Å². The molecule has 2 saturated heterocycles. The monoisotopic (exact) mass is 454 g/mol. The first-order chi connectivity index (χ1) is 16.0. The summed E-state index contributed by atoms with van der Waals surface area (Å²) in [4.78, 5) is 37.1. The highest BCUT2D eigenvalue weighted by atomic mass is 16.2. The fraction of sp³-hybridized carbons (Fsp3) is 0.357. The number of benzene rings is 1. The predicted molar refractivity (Wildman–Crippen MR) is 135 cm³/mol. The molecule has 0 unspecified atom stereocenters. The number of rotatable bonds is 4. The Morgan fingerprint density at radius 2 is 1.00 bits per heavy atom. The van der Waals surface area contributed by atoms with E-state index in [-0.39, 0.29) is 22.6 Å². The number of carbonyl (C=O) groups is 2.